The normalized spacial score (nSPS) is 43.5. The molecule has 90 valence electrons. The summed E-state index contributed by atoms with van der Waals surface area (Å²) in [5.41, 5.74) is -1.06. The van der Waals surface area contributed by atoms with Crippen LogP contribution in [0.5, 0.6) is 0 Å². The summed E-state index contributed by atoms with van der Waals surface area (Å²) in [5.74, 6) is 2.67. The average molecular weight is 246 g/mol. The molecule has 1 saturated heterocycles. The first-order valence-corrected chi connectivity index (χ1v) is 6.35. The molecule has 16 heavy (non-hydrogen) atoms. The van der Waals surface area contributed by atoms with Crippen LogP contribution in [0.25, 0.3) is 0 Å². The second kappa shape index (κ2) is 5.07. The minimum absolute atomic E-state index is 0.0537. The fourth-order valence-electron chi connectivity index (χ4n) is 2.26. The maximum atomic E-state index is 10.6. The van der Waals surface area contributed by atoms with Gasteiger partial charge in [-0.1, -0.05) is 0 Å². The predicted octanol–water partition coefficient (Wildman–Crippen LogP) is -1.23. The molecule has 0 bridgehead atoms. The summed E-state index contributed by atoms with van der Waals surface area (Å²) in [5, 5.41) is 19.4. The summed E-state index contributed by atoms with van der Waals surface area (Å²) in [6.07, 6.45) is 0.293. The molecule has 0 saturated carbocycles. The Hall–Kier alpha value is -0.0551. The van der Waals surface area contributed by atoms with Gasteiger partial charge in [-0.2, -0.15) is 0 Å². The first-order valence-electron chi connectivity index (χ1n) is 5.44. The van der Waals surface area contributed by atoms with Crippen molar-refractivity contribution in [3.8, 4) is 5.81 Å². The average Bonchev–Trinajstić information content (AvgIpc) is 2.48. The molecule has 7 heteroatoms. The van der Waals surface area contributed by atoms with Crippen molar-refractivity contribution < 1.29 is 24.2 Å². The number of hydrogen-bond donors (Lipinski definition) is 2. The molecule has 0 amide bonds. The van der Waals surface area contributed by atoms with Gasteiger partial charge in [-0.05, 0) is 12.8 Å². The fraction of sp³-hybridized carbons (Fsp3) is 0.889. The molecule has 5 nitrogen and oxygen atoms in total. The molecule has 2 aliphatic rings. The van der Waals surface area contributed by atoms with Crippen LogP contribution in [0.1, 0.15) is 12.8 Å². The minimum atomic E-state index is -1.06. The number of rotatable bonds is 3. The van der Waals surface area contributed by atoms with Gasteiger partial charge in [0, 0.05) is 20.7 Å². The van der Waals surface area contributed by atoms with E-state index in [4.69, 9.17) is 19.1 Å². The third-order valence-corrected chi connectivity index (χ3v) is 3.71. The highest BCUT2D eigenvalue weighted by atomic mass is 31.1. The largest absolute Gasteiger partial charge is 0.396 e. The van der Waals surface area contributed by atoms with Gasteiger partial charge in [0.05, 0.1) is 12.6 Å². The first kappa shape index (κ1) is 12.4. The molecule has 2 aliphatic heterocycles. The zero-order chi connectivity index (χ0) is 11.6. The van der Waals surface area contributed by atoms with Crippen LogP contribution in [0.15, 0.2) is 0 Å². The lowest BCUT2D eigenvalue weighted by Crippen LogP contribution is -2.49. The number of hydrogen-bond acceptors (Lipinski definition) is 5. The van der Waals surface area contributed by atoms with E-state index in [1.54, 1.807) is 0 Å². The fourth-order valence-corrected chi connectivity index (χ4v) is 2.74. The Morgan fingerprint density at radius 1 is 1.56 bits per heavy atom. The van der Waals surface area contributed by atoms with Gasteiger partial charge >= 0.3 is 0 Å². The molecule has 0 spiro atoms. The summed E-state index contributed by atoms with van der Waals surface area (Å²) in [4.78, 5) is 0. The van der Waals surface area contributed by atoms with Gasteiger partial charge < -0.3 is 19.5 Å². The molecule has 2 rings (SSSR count). The van der Waals surface area contributed by atoms with E-state index in [2.05, 4.69) is 5.81 Å². The smallest absolute Gasteiger partial charge is 0.143 e. The zero-order valence-electron chi connectivity index (χ0n) is 9.18. The Morgan fingerprint density at radius 3 is 3.12 bits per heavy atom. The molecule has 2 N–H and O–H groups in total. The van der Waals surface area contributed by atoms with Crippen molar-refractivity contribution in [3.63, 3.8) is 0 Å². The van der Waals surface area contributed by atoms with Gasteiger partial charge in [0.25, 0.3) is 0 Å². The molecule has 1 fully saturated rings. The Labute approximate surface area is 96.6 Å². The molecule has 0 aromatic heterocycles. The number of aliphatic hydroxyl groups excluding tert-OH is 1. The summed E-state index contributed by atoms with van der Waals surface area (Å²) in [7, 11) is 1.88. The first-order chi connectivity index (χ1) is 7.68. The highest BCUT2D eigenvalue weighted by Crippen LogP contribution is 2.37. The van der Waals surface area contributed by atoms with Crippen LogP contribution in [-0.2, 0) is 14.0 Å². The number of fused-ring (bicyclic) bond motifs is 1. The van der Waals surface area contributed by atoms with Gasteiger partial charge in [0.2, 0.25) is 0 Å². The van der Waals surface area contributed by atoms with E-state index in [1.807, 2.05) is 7.85 Å². The lowest BCUT2D eigenvalue weighted by Gasteiger charge is -2.30. The van der Waals surface area contributed by atoms with Crippen LogP contribution in [-0.4, -0.2) is 55.1 Å². The van der Waals surface area contributed by atoms with Gasteiger partial charge in [-0.15, -0.1) is 0 Å². The Balaban J connectivity index is 2.13. The minimum Gasteiger partial charge on any atom is -0.396 e. The standard InChI is InChI=1S/C9H16BO5P/c10-8-9(12,2-1-3-11)7-6(15-8)4-14-16-5-13-7/h6-8,11-12,16H,1-4,10H2/t6?,7-,8?,9-/m1/s1. The molecule has 5 atom stereocenters. The van der Waals surface area contributed by atoms with E-state index in [0.717, 1.165) is 0 Å². The van der Waals surface area contributed by atoms with Crippen molar-refractivity contribution in [2.75, 3.05) is 13.2 Å². The van der Waals surface area contributed by atoms with Gasteiger partial charge in [-0.25, -0.2) is 0 Å². The molecular formula is C9H16BO5P. The lowest BCUT2D eigenvalue weighted by molar-refractivity contribution is -0.0650. The van der Waals surface area contributed by atoms with Crippen LogP contribution < -0.4 is 0 Å². The van der Waals surface area contributed by atoms with E-state index >= 15 is 0 Å². The second-order valence-electron chi connectivity index (χ2n) is 4.19. The van der Waals surface area contributed by atoms with Crippen LogP contribution in [0.2, 0.25) is 0 Å². The Morgan fingerprint density at radius 2 is 2.38 bits per heavy atom. The SMILES string of the molecule is BC1OC2CO[PH]#CO[C@H]2[C@]1(O)CCCO. The maximum Gasteiger partial charge on any atom is 0.143 e. The van der Waals surface area contributed by atoms with Gasteiger partial charge in [-0.3, -0.25) is 4.74 Å². The van der Waals surface area contributed by atoms with E-state index in [9.17, 15) is 5.11 Å². The van der Waals surface area contributed by atoms with Crippen LogP contribution in [0.4, 0.5) is 0 Å². The molecule has 0 aromatic carbocycles. The van der Waals surface area contributed by atoms with Crippen molar-refractivity contribution >= 4 is 16.1 Å². The quantitative estimate of drug-likeness (QED) is 0.482. The predicted molar refractivity (Wildman–Crippen MR) is 61.5 cm³/mol. The molecule has 3 unspecified atom stereocenters. The Bertz CT molecular complexity index is 317. The maximum absolute atomic E-state index is 10.6. The van der Waals surface area contributed by atoms with E-state index in [1.165, 1.54) is 0 Å². The molecular weight excluding hydrogens is 230 g/mol. The monoisotopic (exact) mass is 246 g/mol. The topological polar surface area (TPSA) is 68.2 Å². The van der Waals surface area contributed by atoms with Crippen LogP contribution in [0.3, 0.4) is 0 Å². The number of aliphatic hydroxyl groups is 2. The third kappa shape index (κ3) is 2.15. The third-order valence-electron chi connectivity index (χ3n) is 3.20. The zero-order valence-corrected chi connectivity index (χ0v) is 10.2. The van der Waals surface area contributed by atoms with Crippen molar-refractivity contribution in [2.45, 2.75) is 36.7 Å². The van der Waals surface area contributed by atoms with Crippen molar-refractivity contribution in [1.29, 1.82) is 0 Å². The number of ether oxygens (including phenoxy) is 2. The summed E-state index contributed by atoms with van der Waals surface area (Å²) in [6, 6.07) is -0.319. The van der Waals surface area contributed by atoms with Crippen LogP contribution in [0, 0.1) is 5.81 Å². The van der Waals surface area contributed by atoms with Crippen molar-refractivity contribution in [1.82, 2.24) is 0 Å². The molecule has 0 aliphatic carbocycles. The van der Waals surface area contributed by atoms with E-state index < -0.39 is 11.7 Å². The van der Waals surface area contributed by atoms with Crippen molar-refractivity contribution in [3.05, 3.63) is 0 Å². The summed E-state index contributed by atoms with van der Waals surface area (Å²) in [6.45, 7) is 0.472. The lowest BCUT2D eigenvalue weighted by atomic mass is 9.77. The molecule has 0 aromatic rings. The highest BCUT2D eigenvalue weighted by Gasteiger charge is 2.54. The van der Waals surface area contributed by atoms with E-state index in [0.29, 0.717) is 19.4 Å². The summed E-state index contributed by atoms with van der Waals surface area (Å²) >= 11 is 0. The van der Waals surface area contributed by atoms with Crippen LogP contribution >= 0.6 is 8.26 Å². The van der Waals surface area contributed by atoms with Gasteiger partial charge in [0.15, 0.2) is 0 Å². The van der Waals surface area contributed by atoms with Crippen molar-refractivity contribution in [2.24, 2.45) is 0 Å². The van der Waals surface area contributed by atoms with Gasteiger partial charge in [0.1, 0.15) is 25.7 Å². The second-order valence-corrected chi connectivity index (χ2v) is 4.89. The van der Waals surface area contributed by atoms with E-state index in [-0.39, 0.29) is 27.0 Å². The Kier molecular flexibility index (Phi) is 3.93. The summed E-state index contributed by atoms with van der Waals surface area (Å²) < 4.78 is 16.3. The molecule has 2 heterocycles. The highest BCUT2D eigenvalue weighted by molar-refractivity contribution is 7.20. The molecule has 0 radical (unpaired) electrons.